The van der Waals surface area contributed by atoms with E-state index in [9.17, 15) is 4.79 Å². The lowest BCUT2D eigenvalue weighted by molar-refractivity contribution is -0.127. The van der Waals surface area contributed by atoms with Crippen LogP contribution in [0.3, 0.4) is 0 Å². The number of hydrogen-bond acceptors (Lipinski definition) is 3. The topological polar surface area (TPSA) is 81.1 Å². The van der Waals surface area contributed by atoms with E-state index in [1.807, 2.05) is 24.3 Å². The fraction of sp³-hybridized carbons (Fsp3) is 0.562. The van der Waals surface area contributed by atoms with Gasteiger partial charge in [-0.25, -0.2) is 0 Å². The zero-order valence-electron chi connectivity index (χ0n) is 11.7. The number of carbonyl (C=O) groups excluding carboxylic acids is 1. The van der Waals surface area contributed by atoms with E-state index in [1.165, 1.54) is 18.4 Å². The number of nitrogens with two attached hydrogens (primary N) is 2. The van der Waals surface area contributed by atoms with Gasteiger partial charge >= 0.3 is 0 Å². The Balaban J connectivity index is 1.49. The van der Waals surface area contributed by atoms with Gasteiger partial charge in [-0.3, -0.25) is 4.79 Å². The highest BCUT2D eigenvalue weighted by Gasteiger charge is 2.48. The van der Waals surface area contributed by atoms with Gasteiger partial charge in [0.1, 0.15) is 0 Å². The summed E-state index contributed by atoms with van der Waals surface area (Å²) in [4.78, 5) is 12.3. The minimum absolute atomic E-state index is 0.0418. The number of benzene rings is 1. The summed E-state index contributed by atoms with van der Waals surface area (Å²) >= 11 is 0. The van der Waals surface area contributed by atoms with E-state index in [1.54, 1.807) is 0 Å². The number of carbonyl (C=O) groups is 1. The van der Waals surface area contributed by atoms with E-state index in [0.29, 0.717) is 18.4 Å². The first-order chi connectivity index (χ1) is 9.65. The molecule has 1 amide bonds. The largest absolute Gasteiger partial charge is 0.399 e. The Kier molecular flexibility index (Phi) is 3.66. The van der Waals surface area contributed by atoms with Crippen molar-refractivity contribution in [3.05, 3.63) is 29.8 Å². The van der Waals surface area contributed by atoms with Crippen molar-refractivity contribution in [2.75, 3.05) is 12.3 Å². The molecule has 1 aromatic carbocycles. The quantitative estimate of drug-likeness (QED) is 0.723. The molecule has 4 heteroatoms. The zero-order chi connectivity index (χ0) is 14.1. The monoisotopic (exact) mass is 273 g/mol. The predicted octanol–water partition coefficient (Wildman–Crippen LogP) is 1.30. The number of nitrogen functional groups attached to an aromatic ring is 1. The van der Waals surface area contributed by atoms with Crippen LogP contribution < -0.4 is 16.8 Å². The van der Waals surface area contributed by atoms with Crippen LogP contribution in [0.5, 0.6) is 0 Å². The van der Waals surface area contributed by atoms with Crippen molar-refractivity contribution >= 4 is 11.6 Å². The molecule has 2 saturated carbocycles. The molecule has 0 saturated heterocycles. The Morgan fingerprint density at radius 2 is 1.90 bits per heavy atom. The zero-order valence-corrected chi connectivity index (χ0v) is 11.7. The highest BCUT2D eigenvalue weighted by Crippen LogP contribution is 2.47. The minimum atomic E-state index is 0.0418. The maximum Gasteiger partial charge on any atom is 0.224 e. The van der Waals surface area contributed by atoms with Gasteiger partial charge in [0, 0.05) is 18.3 Å². The Morgan fingerprint density at radius 1 is 1.20 bits per heavy atom. The Hall–Kier alpha value is -1.55. The maximum absolute atomic E-state index is 12.3. The first-order valence-electron chi connectivity index (χ1n) is 7.53. The lowest BCUT2D eigenvalue weighted by Crippen LogP contribution is -2.45. The van der Waals surface area contributed by atoms with E-state index in [-0.39, 0.29) is 17.9 Å². The van der Waals surface area contributed by atoms with Crippen molar-refractivity contribution in [2.45, 2.75) is 31.7 Å². The van der Waals surface area contributed by atoms with E-state index >= 15 is 0 Å². The summed E-state index contributed by atoms with van der Waals surface area (Å²) in [5, 5.41) is 3.05. The summed E-state index contributed by atoms with van der Waals surface area (Å²) < 4.78 is 0. The van der Waals surface area contributed by atoms with Gasteiger partial charge in [-0.1, -0.05) is 12.1 Å². The van der Waals surface area contributed by atoms with Crippen LogP contribution in [0.25, 0.3) is 0 Å². The van der Waals surface area contributed by atoms with Crippen LogP contribution in [-0.2, 0) is 11.2 Å². The summed E-state index contributed by atoms with van der Waals surface area (Å²) in [5.41, 5.74) is 13.8. The second kappa shape index (κ2) is 5.44. The van der Waals surface area contributed by atoms with Crippen LogP contribution in [0.2, 0.25) is 0 Å². The SMILES string of the molecule is Nc1ccc(CCNC(=O)C2C3CCC(C3)C2N)cc1. The molecular weight excluding hydrogens is 250 g/mol. The summed E-state index contributed by atoms with van der Waals surface area (Å²) in [7, 11) is 0. The predicted molar refractivity (Wildman–Crippen MR) is 79.9 cm³/mol. The molecule has 5 N–H and O–H groups in total. The number of rotatable bonds is 4. The van der Waals surface area contributed by atoms with Gasteiger partial charge in [0.15, 0.2) is 0 Å². The molecule has 2 bridgehead atoms. The second-order valence-electron chi connectivity index (χ2n) is 6.22. The molecule has 2 aliphatic carbocycles. The van der Waals surface area contributed by atoms with Crippen LogP contribution >= 0.6 is 0 Å². The van der Waals surface area contributed by atoms with Crippen molar-refractivity contribution in [3.8, 4) is 0 Å². The molecule has 0 spiro atoms. The van der Waals surface area contributed by atoms with E-state index < -0.39 is 0 Å². The number of nitrogens with one attached hydrogen (secondary N) is 1. The Bertz CT molecular complexity index is 483. The van der Waals surface area contributed by atoms with Gasteiger partial charge in [0.2, 0.25) is 5.91 Å². The van der Waals surface area contributed by atoms with Crippen LogP contribution in [-0.4, -0.2) is 18.5 Å². The average Bonchev–Trinajstić information content (AvgIpc) is 3.01. The highest BCUT2D eigenvalue weighted by molar-refractivity contribution is 5.80. The fourth-order valence-corrected chi connectivity index (χ4v) is 3.86. The Morgan fingerprint density at radius 3 is 2.55 bits per heavy atom. The molecule has 1 aromatic rings. The molecule has 108 valence electrons. The standard InChI is InChI=1S/C16H23N3O/c17-13-5-1-10(2-6-13)7-8-19-16(20)14-11-3-4-12(9-11)15(14)18/h1-2,5-6,11-12,14-15H,3-4,7-9,17-18H2,(H,19,20). The molecule has 2 aliphatic rings. The van der Waals surface area contributed by atoms with Gasteiger partial charge < -0.3 is 16.8 Å². The van der Waals surface area contributed by atoms with E-state index in [4.69, 9.17) is 11.5 Å². The van der Waals surface area contributed by atoms with Crippen LogP contribution in [0.4, 0.5) is 5.69 Å². The maximum atomic E-state index is 12.3. The molecule has 20 heavy (non-hydrogen) atoms. The lowest BCUT2D eigenvalue weighted by atomic mass is 9.84. The van der Waals surface area contributed by atoms with Crippen LogP contribution in [0, 0.1) is 17.8 Å². The molecule has 4 atom stereocenters. The molecule has 4 nitrogen and oxygen atoms in total. The van der Waals surface area contributed by atoms with Gasteiger partial charge in [0.05, 0.1) is 5.92 Å². The molecule has 2 fully saturated rings. The van der Waals surface area contributed by atoms with Crippen molar-refractivity contribution in [1.29, 1.82) is 0 Å². The van der Waals surface area contributed by atoms with Crippen molar-refractivity contribution in [2.24, 2.45) is 23.5 Å². The number of anilines is 1. The third kappa shape index (κ3) is 2.52. The summed E-state index contributed by atoms with van der Waals surface area (Å²) in [6.07, 6.45) is 4.37. The number of fused-ring (bicyclic) bond motifs is 2. The average molecular weight is 273 g/mol. The van der Waals surface area contributed by atoms with Crippen molar-refractivity contribution < 1.29 is 4.79 Å². The molecule has 0 radical (unpaired) electrons. The summed E-state index contributed by atoms with van der Waals surface area (Å²) in [6.45, 7) is 0.670. The van der Waals surface area contributed by atoms with Gasteiger partial charge in [-0.2, -0.15) is 0 Å². The normalized spacial score (nSPS) is 31.4. The smallest absolute Gasteiger partial charge is 0.224 e. The van der Waals surface area contributed by atoms with Crippen LogP contribution in [0.1, 0.15) is 24.8 Å². The van der Waals surface area contributed by atoms with Crippen LogP contribution in [0.15, 0.2) is 24.3 Å². The van der Waals surface area contributed by atoms with Crippen molar-refractivity contribution in [3.63, 3.8) is 0 Å². The second-order valence-corrected chi connectivity index (χ2v) is 6.22. The number of hydrogen-bond donors (Lipinski definition) is 3. The molecule has 0 aromatic heterocycles. The fourth-order valence-electron chi connectivity index (χ4n) is 3.86. The molecule has 0 heterocycles. The first kappa shape index (κ1) is 13.4. The van der Waals surface area contributed by atoms with E-state index in [0.717, 1.165) is 18.5 Å². The molecule has 3 rings (SSSR count). The van der Waals surface area contributed by atoms with Gasteiger partial charge in [-0.05, 0) is 55.2 Å². The molecule has 0 aliphatic heterocycles. The third-order valence-corrected chi connectivity index (χ3v) is 4.98. The lowest BCUT2D eigenvalue weighted by Gasteiger charge is -2.27. The molecular formula is C16H23N3O. The molecule has 4 unspecified atom stereocenters. The minimum Gasteiger partial charge on any atom is -0.399 e. The third-order valence-electron chi connectivity index (χ3n) is 4.98. The van der Waals surface area contributed by atoms with Crippen molar-refractivity contribution in [1.82, 2.24) is 5.32 Å². The van der Waals surface area contributed by atoms with Gasteiger partial charge in [-0.15, -0.1) is 0 Å². The highest BCUT2D eigenvalue weighted by atomic mass is 16.1. The van der Waals surface area contributed by atoms with Gasteiger partial charge in [0.25, 0.3) is 0 Å². The Labute approximate surface area is 119 Å². The summed E-state index contributed by atoms with van der Waals surface area (Å²) in [5.74, 6) is 1.29. The summed E-state index contributed by atoms with van der Waals surface area (Å²) in [6, 6.07) is 7.87. The van der Waals surface area contributed by atoms with E-state index in [2.05, 4.69) is 5.32 Å². The number of amides is 1. The first-order valence-corrected chi connectivity index (χ1v) is 7.53.